The molecule has 1 N–H and O–H groups in total. The van der Waals surface area contributed by atoms with Crippen LogP contribution < -0.4 is 10.1 Å². The molecule has 0 bridgehead atoms. The van der Waals surface area contributed by atoms with E-state index in [4.69, 9.17) is 9.47 Å². The fourth-order valence-corrected chi connectivity index (χ4v) is 2.46. The zero-order valence-corrected chi connectivity index (χ0v) is 11.1. The number of nitrogens with one attached hydrogen (secondary N) is 1. The lowest BCUT2D eigenvalue weighted by atomic mass is 10.1. The molecule has 1 aromatic rings. The molecule has 1 saturated heterocycles. The third-order valence-corrected chi connectivity index (χ3v) is 3.50. The summed E-state index contributed by atoms with van der Waals surface area (Å²) in [5.41, 5.74) is 1.12. The maximum absolute atomic E-state index is 13.5. The van der Waals surface area contributed by atoms with Crippen molar-refractivity contribution in [2.45, 2.75) is 6.61 Å². The molecule has 8 heteroatoms. The lowest BCUT2D eigenvalue weighted by molar-refractivity contribution is -0.116. The number of amidine groups is 1. The van der Waals surface area contributed by atoms with E-state index in [0.29, 0.717) is 34.4 Å². The molecule has 1 fully saturated rings. The molecule has 0 unspecified atom stereocenters. The predicted molar refractivity (Wildman–Crippen MR) is 72.3 cm³/mol. The first-order chi connectivity index (χ1) is 9.72. The second-order valence-corrected chi connectivity index (χ2v) is 5.04. The molecule has 6 nitrogen and oxygen atoms in total. The summed E-state index contributed by atoms with van der Waals surface area (Å²) in [7, 11) is 0. The molecule has 104 valence electrons. The number of hydrogen-bond donors (Lipinski definition) is 1. The SMILES string of the molecule is O=C1CSC(=NN=Cc2cc(F)cc3c2OCOC3)N1. The van der Waals surface area contributed by atoms with Crippen LogP contribution in [0.25, 0.3) is 0 Å². The topological polar surface area (TPSA) is 72.3 Å². The van der Waals surface area contributed by atoms with Gasteiger partial charge in [-0.3, -0.25) is 4.79 Å². The fourth-order valence-electron chi connectivity index (χ4n) is 1.83. The minimum absolute atomic E-state index is 0.104. The van der Waals surface area contributed by atoms with Gasteiger partial charge in [-0.15, -0.1) is 5.10 Å². The van der Waals surface area contributed by atoms with Crippen LogP contribution in [0.1, 0.15) is 11.1 Å². The van der Waals surface area contributed by atoms with E-state index in [2.05, 4.69) is 15.5 Å². The molecular formula is C12H10FN3O3S. The summed E-state index contributed by atoms with van der Waals surface area (Å²) in [4.78, 5) is 11.0. The van der Waals surface area contributed by atoms with E-state index >= 15 is 0 Å². The number of carbonyl (C=O) groups excluding carboxylic acids is 1. The summed E-state index contributed by atoms with van der Waals surface area (Å²) < 4.78 is 23.9. The number of thioether (sulfide) groups is 1. The lowest BCUT2D eigenvalue weighted by Gasteiger charge is -2.19. The number of hydrogen-bond acceptors (Lipinski definition) is 6. The van der Waals surface area contributed by atoms with Gasteiger partial charge in [-0.25, -0.2) is 4.39 Å². The van der Waals surface area contributed by atoms with Crippen molar-refractivity contribution in [1.82, 2.24) is 5.32 Å². The Morgan fingerprint density at radius 2 is 2.35 bits per heavy atom. The molecule has 2 heterocycles. The summed E-state index contributed by atoms with van der Waals surface area (Å²) in [5.74, 6) is 0.386. The van der Waals surface area contributed by atoms with Gasteiger partial charge in [0.25, 0.3) is 0 Å². The van der Waals surface area contributed by atoms with Crippen molar-refractivity contribution >= 4 is 29.1 Å². The minimum Gasteiger partial charge on any atom is -0.466 e. The number of carbonyl (C=O) groups is 1. The monoisotopic (exact) mass is 295 g/mol. The largest absolute Gasteiger partial charge is 0.466 e. The van der Waals surface area contributed by atoms with E-state index in [1.165, 1.54) is 30.1 Å². The van der Waals surface area contributed by atoms with Gasteiger partial charge in [0.05, 0.1) is 18.6 Å². The Bertz CT molecular complexity index is 618. The van der Waals surface area contributed by atoms with Gasteiger partial charge in [-0.05, 0) is 12.1 Å². The van der Waals surface area contributed by atoms with Crippen LogP contribution in [0.2, 0.25) is 0 Å². The van der Waals surface area contributed by atoms with Crippen LogP contribution in [-0.2, 0) is 16.1 Å². The van der Waals surface area contributed by atoms with Crippen molar-refractivity contribution < 1.29 is 18.7 Å². The Hall–Kier alpha value is -1.93. The number of nitrogens with zero attached hydrogens (tertiary/aromatic N) is 2. The first-order valence-electron chi connectivity index (χ1n) is 5.79. The molecule has 0 spiro atoms. The van der Waals surface area contributed by atoms with E-state index < -0.39 is 5.82 Å². The van der Waals surface area contributed by atoms with Gasteiger partial charge in [0.2, 0.25) is 5.91 Å². The molecule has 0 radical (unpaired) electrons. The van der Waals surface area contributed by atoms with Crippen molar-refractivity contribution in [1.29, 1.82) is 0 Å². The van der Waals surface area contributed by atoms with Gasteiger partial charge in [0, 0.05) is 11.1 Å². The number of amides is 1. The number of halogens is 1. The molecule has 20 heavy (non-hydrogen) atoms. The van der Waals surface area contributed by atoms with E-state index in [1.807, 2.05) is 0 Å². The molecule has 1 amide bonds. The minimum atomic E-state index is -0.393. The standard InChI is InChI=1S/C12H10FN3O3S/c13-9-1-7(11-8(2-9)4-18-6-19-11)3-14-16-12-15-10(17)5-20-12/h1-3H,4-6H2,(H,15,16,17). The molecule has 0 atom stereocenters. The molecule has 0 saturated carbocycles. The third kappa shape index (κ3) is 2.81. The van der Waals surface area contributed by atoms with E-state index in [-0.39, 0.29) is 12.7 Å². The highest BCUT2D eigenvalue weighted by atomic mass is 32.2. The van der Waals surface area contributed by atoms with Gasteiger partial charge in [0.15, 0.2) is 12.0 Å². The average molecular weight is 295 g/mol. The highest BCUT2D eigenvalue weighted by Gasteiger charge is 2.17. The van der Waals surface area contributed by atoms with Gasteiger partial charge in [-0.1, -0.05) is 11.8 Å². The van der Waals surface area contributed by atoms with Gasteiger partial charge < -0.3 is 14.8 Å². The van der Waals surface area contributed by atoms with Crippen molar-refractivity contribution in [3.8, 4) is 5.75 Å². The van der Waals surface area contributed by atoms with E-state index in [1.54, 1.807) is 0 Å². The zero-order chi connectivity index (χ0) is 13.9. The molecule has 2 aliphatic heterocycles. The van der Waals surface area contributed by atoms with Gasteiger partial charge >= 0.3 is 0 Å². The highest BCUT2D eigenvalue weighted by Crippen LogP contribution is 2.28. The maximum atomic E-state index is 13.5. The van der Waals surface area contributed by atoms with Gasteiger partial charge in [0.1, 0.15) is 11.6 Å². The normalized spacial score (nSPS) is 20.1. The number of benzene rings is 1. The van der Waals surface area contributed by atoms with E-state index in [9.17, 15) is 9.18 Å². The molecular weight excluding hydrogens is 285 g/mol. The van der Waals surface area contributed by atoms with Crippen LogP contribution in [0.3, 0.4) is 0 Å². The molecule has 1 aromatic carbocycles. The Morgan fingerprint density at radius 3 is 3.15 bits per heavy atom. The van der Waals surface area contributed by atoms with Crippen LogP contribution in [0.5, 0.6) is 5.75 Å². The van der Waals surface area contributed by atoms with Gasteiger partial charge in [-0.2, -0.15) is 5.10 Å². The number of fused-ring (bicyclic) bond motifs is 1. The molecule has 0 aliphatic carbocycles. The number of ether oxygens (including phenoxy) is 2. The lowest BCUT2D eigenvalue weighted by Crippen LogP contribution is -2.19. The summed E-state index contributed by atoms with van der Waals surface area (Å²) in [6.07, 6.45) is 1.39. The van der Waals surface area contributed by atoms with Crippen LogP contribution in [0.4, 0.5) is 4.39 Å². The third-order valence-electron chi connectivity index (χ3n) is 2.64. The Morgan fingerprint density at radius 1 is 1.45 bits per heavy atom. The summed E-state index contributed by atoms with van der Waals surface area (Å²) >= 11 is 1.27. The van der Waals surface area contributed by atoms with E-state index in [0.717, 1.165) is 0 Å². The van der Waals surface area contributed by atoms with Crippen LogP contribution >= 0.6 is 11.8 Å². The Balaban J connectivity index is 1.83. The van der Waals surface area contributed by atoms with Crippen molar-refractivity contribution in [3.63, 3.8) is 0 Å². The first-order valence-corrected chi connectivity index (χ1v) is 6.77. The first kappa shape index (κ1) is 13.1. The Labute approximate surface area is 118 Å². The molecule has 0 aromatic heterocycles. The fraction of sp³-hybridized carbons (Fsp3) is 0.250. The zero-order valence-electron chi connectivity index (χ0n) is 10.3. The molecule has 3 rings (SSSR count). The van der Waals surface area contributed by atoms with Crippen molar-refractivity contribution in [2.24, 2.45) is 10.2 Å². The highest BCUT2D eigenvalue weighted by molar-refractivity contribution is 8.15. The summed E-state index contributed by atoms with van der Waals surface area (Å²) in [6.45, 7) is 0.425. The Kier molecular flexibility index (Phi) is 3.66. The van der Waals surface area contributed by atoms with Crippen molar-refractivity contribution in [2.75, 3.05) is 12.5 Å². The average Bonchev–Trinajstić information content (AvgIpc) is 2.84. The van der Waals surface area contributed by atoms with Crippen LogP contribution in [0, 0.1) is 5.82 Å². The van der Waals surface area contributed by atoms with Crippen LogP contribution in [0.15, 0.2) is 22.3 Å². The second-order valence-electron chi connectivity index (χ2n) is 4.08. The predicted octanol–water partition coefficient (Wildman–Crippen LogP) is 1.25. The quantitative estimate of drug-likeness (QED) is 0.658. The van der Waals surface area contributed by atoms with Crippen molar-refractivity contribution in [3.05, 3.63) is 29.1 Å². The maximum Gasteiger partial charge on any atom is 0.236 e. The van der Waals surface area contributed by atoms with Crippen LogP contribution in [-0.4, -0.2) is 29.8 Å². The summed E-state index contributed by atoms with van der Waals surface area (Å²) in [6, 6.07) is 2.68. The number of rotatable bonds is 2. The smallest absolute Gasteiger partial charge is 0.236 e. The summed E-state index contributed by atoms with van der Waals surface area (Å²) in [5, 5.41) is 10.7. The molecule has 2 aliphatic rings. The second kappa shape index (κ2) is 5.59.